The van der Waals surface area contributed by atoms with Gasteiger partial charge in [0, 0.05) is 30.6 Å². The SMILES string of the molecule is CCCc1cc(=O)oc2cc(OCC(=O)N(CC)Cc3ccccc3)ccc12. The van der Waals surface area contributed by atoms with Gasteiger partial charge >= 0.3 is 5.63 Å². The third-order valence-corrected chi connectivity index (χ3v) is 4.63. The van der Waals surface area contributed by atoms with Gasteiger partial charge in [0.15, 0.2) is 6.61 Å². The number of ether oxygens (including phenoxy) is 1. The van der Waals surface area contributed by atoms with Crippen LogP contribution in [0.5, 0.6) is 5.75 Å². The van der Waals surface area contributed by atoms with Crippen LogP contribution < -0.4 is 10.4 Å². The van der Waals surface area contributed by atoms with Crippen molar-refractivity contribution in [1.29, 1.82) is 0 Å². The standard InChI is InChI=1S/C23H25NO4/c1-3-8-18-13-23(26)28-21-14-19(11-12-20(18)21)27-16-22(25)24(4-2)15-17-9-6-5-7-10-17/h5-7,9-14H,3-4,8,15-16H2,1-2H3. The fourth-order valence-electron chi connectivity index (χ4n) is 3.19. The fourth-order valence-corrected chi connectivity index (χ4v) is 3.19. The molecule has 0 radical (unpaired) electrons. The Kier molecular flexibility index (Phi) is 6.48. The van der Waals surface area contributed by atoms with Gasteiger partial charge in [-0.05, 0) is 36.6 Å². The van der Waals surface area contributed by atoms with Crippen molar-refractivity contribution >= 4 is 16.9 Å². The van der Waals surface area contributed by atoms with Gasteiger partial charge in [-0.2, -0.15) is 0 Å². The molecule has 0 spiro atoms. The number of likely N-dealkylation sites (N-methyl/N-ethyl adjacent to an activating group) is 1. The number of carbonyl (C=O) groups is 1. The molecule has 146 valence electrons. The molecule has 0 unspecified atom stereocenters. The lowest BCUT2D eigenvalue weighted by atomic mass is 10.1. The van der Waals surface area contributed by atoms with E-state index in [1.165, 1.54) is 0 Å². The second-order valence-electron chi connectivity index (χ2n) is 6.68. The Balaban J connectivity index is 1.70. The maximum Gasteiger partial charge on any atom is 0.336 e. The van der Waals surface area contributed by atoms with Crippen LogP contribution >= 0.6 is 0 Å². The number of aryl methyl sites for hydroxylation is 1. The normalized spacial score (nSPS) is 10.8. The molecule has 0 saturated carbocycles. The molecule has 2 aromatic carbocycles. The number of hydrogen-bond acceptors (Lipinski definition) is 4. The van der Waals surface area contributed by atoms with Crippen LogP contribution in [0, 0.1) is 0 Å². The smallest absolute Gasteiger partial charge is 0.336 e. The van der Waals surface area contributed by atoms with Gasteiger partial charge < -0.3 is 14.1 Å². The summed E-state index contributed by atoms with van der Waals surface area (Å²) in [7, 11) is 0. The lowest BCUT2D eigenvalue weighted by molar-refractivity contribution is -0.133. The van der Waals surface area contributed by atoms with Gasteiger partial charge in [0.05, 0.1) is 0 Å². The molecule has 0 aliphatic heterocycles. The predicted molar refractivity (Wildman–Crippen MR) is 110 cm³/mol. The minimum atomic E-state index is -0.371. The number of fused-ring (bicyclic) bond motifs is 1. The summed E-state index contributed by atoms with van der Waals surface area (Å²) >= 11 is 0. The van der Waals surface area contributed by atoms with Crippen molar-refractivity contribution < 1.29 is 13.9 Å². The summed E-state index contributed by atoms with van der Waals surface area (Å²) in [6.45, 7) is 5.10. The summed E-state index contributed by atoms with van der Waals surface area (Å²) in [6.07, 6.45) is 1.76. The first kappa shape index (κ1) is 19.7. The molecule has 1 aromatic heterocycles. The summed E-state index contributed by atoms with van der Waals surface area (Å²) < 4.78 is 11.0. The van der Waals surface area contributed by atoms with Crippen LogP contribution in [0.4, 0.5) is 0 Å². The van der Waals surface area contributed by atoms with E-state index in [0.29, 0.717) is 24.4 Å². The molecule has 28 heavy (non-hydrogen) atoms. The van der Waals surface area contributed by atoms with Gasteiger partial charge in [0.25, 0.3) is 5.91 Å². The first-order chi connectivity index (χ1) is 13.6. The molecular weight excluding hydrogens is 354 g/mol. The van der Waals surface area contributed by atoms with Crippen molar-refractivity contribution in [3.05, 3.63) is 76.1 Å². The summed E-state index contributed by atoms with van der Waals surface area (Å²) in [5.41, 5.74) is 2.16. The zero-order chi connectivity index (χ0) is 19.9. The zero-order valence-corrected chi connectivity index (χ0v) is 16.3. The molecule has 5 nitrogen and oxygen atoms in total. The Labute approximate surface area is 164 Å². The predicted octanol–water partition coefficient (Wildman–Crippen LogP) is 4.17. The van der Waals surface area contributed by atoms with Gasteiger partial charge in [-0.15, -0.1) is 0 Å². The number of hydrogen-bond donors (Lipinski definition) is 0. The van der Waals surface area contributed by atoms with E-state index < -0.39 is 0 Å². The number of benzene rings is 2. The summed E-state index contributed by atoms with van der Waals surface area (Å²) in [4.78, 5) is 26.1. The van der Waals surface area contributed by atoms with Crippen molar-refractivity contribution in [1.82, 2.24) is 4.90 Å². The van der Waals surface area contributed by atoms with Crippen molar-refractivity contribution in [2.45, 2.75) is 33.2 Å². The minimum Gasteiger partial charge on any atom is -0.484 e. The van der Waals surface area contributed by atoms with Crippen LogP contribution in [0.25, 0.3) is 11.0 Å². The molecule has 3 rings (SSSR count). The lowest BCUT2D eigenvalue weighted by Gasteiger charge is -2.21. The van der Waals surface area contributed by atoms with E-state index in [9.17, 15) is 9.59 Å². The number of nitrogens with zero attached hydrogens (tertiary/aromatic N) is 1. The highest BCUT2D eigenvalue weighted by Crippen LogP contribution is 2.23. The van der Waals surface area contributed by atoms with E-state index in [1.54, 1.807) is 17.0 Å². The molecule has 0 aliphatic rings. The Bertz CT molecular complexity index is 994. The van der Waals surface area contributed by atoms with E-state index in [2.05, 4.69) is 6.92 Å². The molecule has 0 N–H and O–H groups in total. The van der Waals surface area contributed by atoms with Crippen LogP contribution in [0.15, 0.2) is 63.8 Å². The number of rotatable bonds is 8. The topological polar surface area (TPSA) is 59.8 Å². The van der Waals surface area contributed by atoms with Crippen LogP contribution in [0.3, 0.4) is 0 Å². The molecule has 0 fully saturated rings. The lowest BCUT2D eigenvalue weighted by Crippen LogP contribution is -2.34. The number of carbonyl (C=O) groups excluding carboxylic acids is 1. The zero-order valence-electron chi connectivity index (χ0n) is 16.3. The Hall–Kier alpha value is -3.08. The molecule has 1 heterocycles. The Morgan fingerprint density at radius 2 is 1.86 bits per heavy atom. The van der Waals surface area contributed by atoms with Gasteiger partial charge in [-0.1, -0.05) is 43.7 Å². The van der Waals surface area contributed by atoms with Crippen molar-refractivity contribution in [2.75, 3.05) is 13.2 Å². The molecule has 5 heteroatoms. The maximum atomic E-state index is 12.5. The van der Waals surface area contributed by atoms with E-state index in [4.69, 9.17) is 9.15 Å². The molecule has 0 atom stereocenters. The van der Waals surface area contributed by atoms with E-state index in [0.717, 1.165) is 29.4 Å². The van der Waals surface area contributed by atoms with Crippen molar-refractivity contribution in [2.24, 2.45) is 0 Å². The van der Waals surface area contributed by atoms with Crippen LogP contribution in [-0.4, -0.2) is 24.0 Å². The van der Waals surface area contributed by atoms with E-state index in [1.807, 2.05) is 49.4 Å². The monoisotopic (exact) mass is 379 g/mol. The van der Waals surface area contributed by atoms with Gasteiger partial charge in [-0.25, -0.2) is 4.79 Å². The highest BCUT2D eigenvalue weighted by Gasteiger charge is 2.14. The van der Waals surface area contributed by atoms with Gasteiger partial charge in [-0.3, -0.25) is 4.79 Å². The largest absolute Gasteiger partial charge is 0.484 e. The van der Waals surface area contributed by atoms with Crippen molar-refractivity contribution in [3.8, 4) is 5.75 Å². The molecule has 0 saturated heterocycles. The minimum absolute atomic E-state index is 0.0644. The van der Waals surface area contributed by atoms with Crippen molar-refractivity contribution in [3.63, 3.8) is 0 Å². The van der Waals surface area contributed by atoms with Crippen LogP contribution in [0.2, 0.25) is 0 Å². The Morgan fingerprint density at radius 3 is 2.57 bits per heavy atom. The summed E-state index contributed by atoms with van der Waals surface area (Å²) in [5.74, 6) is 0.418. The van der Waals surface area contributed by atoms with Crippen LogP contribution in [-0.2, 0) is 17.8 Å². The Morgan fingerprint density at radius 1 is 1.07 bits per heavy atom. The summed E-state index contributed by atoms with van der Waals surface area (Å²) in [5, 5.41) is 0.902. The van der Waals surface area contributed by atoms with Gasteiger partial charge in [0.2, 0.25) is 0 Å². The molecular formula is C23H25NO4. The van der Waals surface area contributed by atoms with E-state index >= 15 is 0 Å². The maximum absolute atomic E-state index is 12.5. The second-order valence-corrected chi connectivity index (χ2v) is 6.68. The molecule has 0 aliphatic carbocycles. The quantitative estimate of drug-likeness (QED) is 0.551. The fraction of sp³-hybridized carbons (Fsp3) is 0.304. The first-order valence-electron chi connectivity index (χ1n) is 9.62. The average molecular weight is 379 g/mol. The summed E-state index contributed by atoms with van der Waals surface area (Å²) in [6, 6.07) is 16.8. The number of amides is 1. The van der Waals surface area contributed by atoms with E-state index in [-0.39, 0.29) is 18.1 Å². The third kappa shape index (κ3) is 4.80. The molecule has 1 amide bonds. The third-order valence-electron chi connectivity index (χ3n) is 4.63. The highest BCUT2D eigenvalue weighted by atomic mass is 16.5. The second kappa shape index (κ2) is 9.22. The first-order valence-corrected chi connectivity index (χ1v) is 9.62. The molecule has 0 bridgehead atoms. The highest BCUT2D eigenvalue weighted by molar-refractivity contribution is 5.82. The average Bonchev–Trinajstić information content (AvgIpc) is 2.70. The van der Waals surface area contributed by atoms with Gasteiger partial charge in [0.1, 0.15) is 11.3 Å². The van der Waals surface area contributed by atoms with Crippen LogP contribution in [0.1, 0.15) is 31.4 Å². The molecule has 3 aromatic rings.